The van der Waals surface area contributed by atoms with Gasteiger partial charge in [0.1, 0.15) is 4.90 Å². The van der Waals surface area contributed by atoms with Crippen LogP contribution < -0.4 is 9.47 Å². The number of benzene rings is 2. The molecule has 0 spiro atoms. The van der Waals surface area contributed by atoms with Crippen LogP contribution in [-0.4, -0.2) is 38.9 Å². The fourth-order valence-corrected chi connectivity index (χ4v) is 4.77. The zero-order valence-corrected chi connectivity index (χ0v) is 15.7. The van der Waals surface area contributed by atoms with Gasteiger partial charge in [0.15, 0.2) is 11.5 Å². The molecule has 8 heteroatoms. The van der Waals surface area contributed by atoms with E-state index in [1.165, 1.54) is 29.6 Å². The Kier molecular flexibility index (Phi) is 5.50. The minimum Gasteiger partial charge on any atom is -0.493 e. The summed E-state index contributed by atoms with van der Waals surface area (Å²) < 4.78 is 37.4. The lowest BCUT2D eigenvalue weighted by molar-refractivity contribution is 0.0729. The summed E-state index contributed by atoms with van der Waals surface area (Å²) >= 11 is 6.09. The van der Waals surface area contributed by atoms with E-state index in [1.807, 2.05) is 0 Å². The number of hydrogen-bond donors (Lipinski definition) is 0. The van der Waals surface area contributed by atoms with Gasteiger partial charge in [-0.2, -0.15) is 4.31 Å². The van der Waals surface area contributed by atoms with Crippen LogP contribution in [0.15, 0.2) is 47.4 Å². The third kappa shape index (κ3) is 3.70. The van der Waals surface area contributed by atoms with Crippen molar-refractivity contribution in [2.45, 2.75) is 17.7 Å². The monoisotopic (exact) mass is 395 g/mol. The standard InChI is InChI=1S/C18H18ClNO5S/c1-24-15-6-2-3-7-16(15)25-18(21)13-8-9-14(19)17(12-13)26(22,23)20-10-4-5-11-20/h2-3,6-9,12H,4-5,10-11H2,1H3. The molecule has 3 rings (SSSR count). The van der Waals surface area contributed by atoms with Crippen LogP contribution in [0.3, 0.4) is 0 Å². The van der Waals surface area contributed by atoms with Gasteiger partial charge < -0.3 is 9.47 Å². The molecule has 1 heterocycles. The molecule has 0 unspecified atom stereocenters. The average molecular weight is 396 g/mol. The van der Waals surface area contributed by atoms with Crippen LogP contribution in [-0.2, 0) is 10.0 Å². The number of nitrogens with zero attached hydrogens (tertiary/aromatic N) is 1. The Morgan fingerprint density at radius 1 is 1.08 bits per heavy atom. The van der Waals surface area contributed by atoms with Crippen LogP contribution in [0.25, 0.3) is 0 Å². The van der Waals surface area contributed by atoms with Crippen LogP contribution in [0.5, 0.6) is 11.5 Å². The van der Waals surface area contributed by atoms with Crippen LogP contribution in [0.4, 0.5) is 0 Å². The van der Waals surface area contributed by atoms with E-state index in [1.54, 1.807) is 24.3 Å². The van der Waals surface area contributed by atoms with Gasteiger partial charge in [-0.15, -0.1) is 0 Å². The fraction of sp³-hybridized carbons (Fsp3) is 0.278. The fourth-order valence-electron chi connectivity index (χ4n) is 2.76. The molecule has 2 aromatic carbocycles. The number of hydrogen-bond acceptors (Lipinski definition) is 5. The highest BCUT2D eigenvalue weighted by Crippen LogP contribution is 2.30. The molecule has 0 radical (unpaired) electrons. The molecule has 1 fully saturated rings. The molecular formula is C18H18ClNO5S. The van der Waals surface area contributed by atoms with Gasteiger partial charge in [-0.25, -0.2) is 13.2 Å². The second-order valence-corrected chi connectivity index (χ2v) is 8.11. The maximum atomic E-state index is 12.8. The lowest BCUT2D eigenvalue weighted by atomic mass is 10.2. The molecule has 26 heavy (non-hydrogen) atoms. The molecule has 0 N–H and O–H groups in total. The highest BCUT2D eigenvalue weighted by Gasteiger charge is 2.30. The molecule has 138 valence electrons. The van der Waals surface area contributed by atoms with Crippen molar-refractivity contribution in [1.82, 2.24) is 4.31 Å². The highest BCUT2D eigenvalue weighted by molar-refractivity contribution is 7.89. The van der Waals surface area contributed by atoms with Crippen molar-refractivity contribution in [2.75, 3.05) is 20.2 Å². The first-order chi connectivity index (χ1) is 12.4. The molecular weight excluding hydrogens is 378 g/mol. The molecule has 2 aromatic rings. The Morgan fingerprint density at radius 3 is 2.38 bits per heavy atom. The summed E-state index contributed by atoms with van der Waals surface area (Å²) in [7, 11) is -2.27. The van der Waals surface area contributed by atoms with E-state index in [-0.39, 0.29) is 21.2 Å². The molecule has 0 aliphatic carbocycles. The number of sulfonamides is 1. The van der Waals surface area contributed by atoms with E-state index < -0.39 is 16.0 Å². The Morgan fingerprint density at radius 2 is 1.73 bits per heavy atom. The Balaban J connectivity index is 1.90. The number of methoxy groups -OCH3 is 1. The summed E-state index contributed by atoms with van der Waals surface area (Å²) in [5, 5.41) is 0.0748. The van der Waals surface area contributed by atoms with Crippen LogP contribution in [0, 0.1) is 0 Å². The van der Waals surface area contributed by atoms with Crippen LogP contribution in [0.1, 0.15) is 23.2 Å². The van der Waals surface area contributed by atoms with Crippen molar-refractivity contribution in [1.29, 1.82) is 0 Å². The number of para-hydroxylation sites is 2. The quantitative estimate of drug-likeness (QED) is 0.573. The van der Waals surface area contributed by atoms with Gasteiger partial charge in [-0.1, -0.05) is 23.7 Å². The van der Waals surface area contributed by atoms with E-state index in [2.05, 4.69) is 0 Å². The third-order valence-corrected chi connectivity index (χ3v) is 6.50. The summed E-state index contributed by atoms with van der Waals surface area (Å²) in [6, 6.07) is 10.8. The molecule has 6 nitrogen and oxygen atoms in total. The SMILES string of the molecule is COc1ccccc1OC(=O)c1ccc(Cl)c(S(=O)(=O)N2CCCC2)c1. The minimum absolute atomic E-state index is 0.0748. The molecule has 1 aliphatic rings. The number of carbonyl (C=O) groups excluding carboxylic acids is 1. The smallest absolute Gasteiger partial charge is 0.343 e. The first-order valence-electron chi connectivity index (χ1n) is 8.08. The van der Waals surface area contributed by atoms with Gasteiger partial charge in [0.05, 0.1) is 17.7 Å². The molecule has 0 atom stereocenters. The van der Waals surface area contributed by atoms with Crippen LogP contribution in [0.2, 0.25) is 5.02 Å². The Labute approximate surface area is 157 Å². The van der Waals surface area contributed by atoms with Gasteiger partial charge in [0.25, 0.3) is 0 Å². The van der Waals surface area contributed by atoms with Crippen molar-refractivity contribution in [3.05, 3.63) is 53.1 Å². The van der Waals surface area contributed by atoms with E-state index in [0.717, 1.165) is 12.8 Å². The Hall–Kier alpha value is -2.09. The van der Waals surface area contributed by atoms with Crippen molar-refractivity contribution >= 4 is 27.6 Å². The highest BCUT2D eigenvalue weighted by atomic mass is 35.5. The summed E-state index contributed by atoms with van der Waals surface area (Å²) in [4.78, 5) is 12.4. The first-order valence-corrected chi connectivity index (χ1v) is 9.90. The van der Waals surface area contributed by atoms with Gasteiger partial charge >= 0.3 is 5.97 Å². The van der Waals surface area contributed by atoms with E-state index >= 15 is 0 Å². The van der Waals surface area contributed by atoms with E-state index in [9.17, 15) is 13.2 Å². The molecule has 0 amide bonds. The zero-order chi connectivity index (χ0) is 18.7. The lowest BCUT2D eigenvalue weighted by Crippen LogP contribution is -2.28. The predicted octanol–water partition coefficient (Wildman–Crippen LogP) is 3.35. The van der Waals surface area contributed by atoms with E-state index in [4.69, 9.17) is 21.1 Å². The topological polar surface area (TPSA) is 72.9 Å². The molecule has 0 aromatic heterocycles. The zero-order valence-electron chi connectivity index (χ0n) is 14.1. The number of rotatable bonds is 5. The minimum atomic E-state index is -3.74. The van der Waals surface area contributed by atoms with Gasteiger partial charge in [-0.05, 0) is 43.2 Å². The largest absolute Gasteiger partial charge is 0.493 e. The summed E-state index contributed by atoms with van der Waals surface area (Å²) in [6.07, 6.45) is 1.62. The molecule has 1 saturated heterocycles. The number of esters is 1. The summed E-state index contributed by atoms with van der Waals surface area (Å²) in [5.41, 5.74) is 0.0954. The van der Waals surface area contributed by atoms with Gasteiger partial charge in [0.2, 0.25) is 10.0 Å². The maximum Gasteiger partial charge on any atom is 0.343 e. The van der Waals surface area contributed by atoms with Gasteiger partial charge in [0, 0.05) is 13.1 Å². The number of carbonyl (C=O) groups is 1. The Bertz CT molecular complexity index is 923. The second-order valence-electron chi connectivity index (χ2n) is 5.80. The second kappa shape index (κ2) is 7.65. The average Bonchev–Trinajstić information content (AvgIpc) is 3.18. The van der Waals surface area contributed by atoms with Crippen molar-refractivity contribution in [3.63, 3.8) is 0 Å². The normalized spacial score (nSPS) is 15.0. The first kappa shape index (κ1) is 18.7. The third-order valence-electron chi connectivity index (χ3n) is 4.12. The molecule has 1 aliphatic heterocycles. The predicted molar refractivity (Wildman–Crippen MR) is 97.4 cm³/mol. The van der Waals surface area contributed by atoms with Crippen molar-refractivity contribution in [2.24, 2.45) is 0 Å². The van der Waals surface area contributed by atoms with Crippen molar-refractivity contribution < 1.29 is 22.7 Å². The van der Waals surface area contributed by atoms with Crippen LogP contribution >= 0.6 is 11.6 Å². The molecule has 0 saturated carbocycles. The lowest BCUT2D eigenvalue weighted by Gasteiger charge is -2.17. The van der Waals surface area contributed by atoms with Crippen molar-refractivity contribution in [3.8, 4) is 11.5 Å². The summed E-state index contributed by atoms with van der Waals surface area (Å²) in [6.45, 7) is 0.906. The maximum absolute atomic E-state index is 12.8. The number of ether oxygens (including phenoxy) is 2. The summed E-state index contributed by atoms with van der Waals surface area (Å²) in [5.74, 6) is -0.0392. The van der Waals surface area contributed by atoms with E-state index in [0.29, 0.717) is 18.8 Å². The number of halogens is 1. The van der Waals surface area contributed by atoms with Gasteiger partial charge in [-0.3, -0.25) is 0 Å². The molecule has 0 bridgehead atoms.